The van der Waals surface area contributed by atoms with E-state index >= 15 is 0 Å². The van der Waals surface area contributed by atoms with Gasteiger partial charge in [0.15, 0.2) is 10.3 Å². The lowest BCUT2D eigenvalue weighted by atomic mass is 10.0. The van der Waals surface area contributed by atoms with Crippen molar-refractivity contribution in [3.05, 3.63) is 104 Å². The van der Waals surface area contributed by atoms with E-state index in [0.717, 1.165) is 11.1 Å². The number of rotatable bonds is 10. The van der Waals surface area contributed by atoms with Gasteiger partial charge in [-0.2, -0.15) is 0 Å². The molecule has 4 aromatic rings. The SMILES string of the molecule is Cc1cc(=O)[nH]c(SCC(=O)Nc2ccc(Cc3ccc(NC(=O)CSc4nc(C)cc(=O)[nH]4)cc3)cc2)n1. The average molecular weight is 563 g/mol. The van der Waals surface area contributed by atoms with Crippen LogP contribution in [0.2, 0.25) is 0 Å². The lowest BCUT2D eigenvalue weighted by molar-refractivity contribution is -0.114. The fraction of sp³-hybridized carbons (Fsp3) is 0.185. The van der Waals surface area contributed by atoms with E-state index in [1.54, 1.807) is 13.8 Å². The normalized spacial score (nSPS) is 10.7. The fourth-order valence-corrected chi connectivity index (χ4v) is 4.99. The van der Waals surface area contributed by atoms with Crippen LogP contribution in [0.3, 0.4) is 0 Å². The van der Waals surface area contributed by atoms with Crippen molar-refractivity contribution in [3.8, 4) is 0 Å². The van der Waals surface area contributed by atoms with E-state index in [4.69, 9.17) is 0 Å². The molecule has 0 bridgehead atoms. The Hall–Kier alpha value is -4.16. The van der Waals surface area contributed by atoms with Crippen LogP contribution in [-0.4, -0.2) is 43.3 Å². The largest absolute Gasteiger partial charge is 0.325 e. The van der Waals surface area contributed by atoms with Gasteiger partial charge < -0.3 is 20.6 Å². The maximum absolute atomic E-state index is 12.3. The molecule has 10 nitrogen and oxygen atoms in total. The van der Waals surface area contributed by atoms with Crippen LogP contribution in [0.25, 0.3) is 0 Å². The Morgan fingerprint density at radius 1 is 0.692 bits per heavy atom. The Kier molecular flexibility index (Phi) is 9.34. The van der Waals surface area contributed by atoms with Gasteiger partial charge in [-0.3, -0.25) is 19.2 Å². The molecule has 200 valence electrons. The molecule has 2 amide bonds. The zero-order chi connectivity index (χ0) is 27.8. The first-order chi connectivity index (χ1) is 18.7. The number of carbonyl (C=O) groups excluding carboxylic acids is 2. The average Bonchev–Trinajstić information content (AvgIpc) is 2.88. The van der Waals surface area contributed by atoms with E-state index in [-0.39, 0.29) is 34.4 Å². The van der Waals surface area contributed by atoms with E-state index in [2.05, 4.69) is 30.6 Å². The summed E-state index contributed by atoms with van der Waals surface area (Å²) in [5, 5.41) is 6.50. The Bertz CT molecular complexity index is 1460. The van der Waals surface area contributed by atoms with Gasteiger partial charge in [0.25, 0.3) is 11.1 Å². The van der Waals surface area contributed by atoms with Crippen LogP contribution in [0, 0.1) is 13.8 Å². The third kappa shape index (κ3) is 8.97. The number of benzene rings is 2. The Balaban J connectivity index is 1.23. The maximum Gasteiger partial charge on any atom is 0.251 e. The molecule has 0 saturated carbocycles. The summed E-state index contributed by atoms with van der Waals surface area (Å²) >= 11 is 2.33. The van der Waals surface area contributed by atoms with Crippen molar-refractivity contribution in [1.29, 1.82) is 0 Å². The highest BCUT2D eigenvalue weighted by Crippen LogP contribution is 2.18. The predicted molar refractivity (Wildman–Crippen MR) is 154 cm³/mol. The molecule has 0 fully saturated rings. The molecular formula is C27H26N6O4S2. The number of hydrogen-bond acceptors (Lipinski definition) is 8. The topological polar surface area (TPSA) is 150 Å². The van der Waals surface area contributed by atoms with Crippen LogP contribution in [0.1, 0.15) is 22.5 Å². The number of aryl methyl sites for hydroxylation is 2. The van der Waals surface area contributed by atoms with Gasteiger partial charge in [-0.25, -0.2) is 9.97 Å². The smallest absolute Gasteiger partial charge is 0.251 e. The molecular weight excluding hydrogens is 536 g/mol. The lowest BCUT2D eigenvalue weighted by Crippen LogP contribution is -2.15. The minimum absolute atomic E-state index is 0.123. The number of aromatic nitrogens is 4. The van der Waals surface area contributed by atoms with Crippen molar-refractivity contribution in [2.75, 3.05) is 22.1 Å². The number of H-pyrrole nitrogens is 2. The first-order valence-corrected chi connectivity index (χ1v) is 13.9. The van der Waals surface area contributed by atoms with E-state index in [1.165, 1.54) is 35.7 Å². The second kappa shape index (κ2) is 13.1. The molecule has 2 heterocycles. The van der Waals surface area contributed by atoms with Crippen LogP contribution < -0.4 is 21.8 Å². The summed E-state index contributed by atoms with van der Waals surface area (Å²) in [6.45, 7) is 3.45. The first-order valence-electron chi connectivity index (χ1n) is 11.9. The molecule has 0 radical (unpaired) electrons. The molecule has 4 rings (SSSR count). The van der Waals surface area contributed by atoms with Crippen LogP contribution in [0.4, 0.5) is 11.4 Å². The molecule has 0 spiro atoms. The first kappa shape index (κ1) is 27.9. The molecule has 39 heavy (non-hydrogen) atoms. The number of anilines is 2. The molecule has 0 saturated heterocycles. The number of hydrogen-bond donors (Lipinski definition) is 4. The van der Waals surface area contributed by atoms with E-state index in [1.807, 2.05) is 48.5 Å². The molecule has 12 heteroatoms. The lowest BCUT2D eigenvalue weighted by Gasteiger charge is -2.08. The number of carbonyl (C=O) groups is 2. The van der Waals surface area contributed by atoms with Crippen LogP contribution in [-0.2, 0) is 16.0 Å². The van der Waals surface area contributed by atoms with Crippen molar-refractivity contribution in [3.63, 3.8) is 0 Å². The van der Waals surface area contributed by atoms with E-state index < -0.39 is 0 Å². The van der Waals surface area contributed by atoms with Crippen molar-refractivity contribution < 1.29 is 9.59 Å². The molecule has 4 N–H and O–H groups in total. The van der Waals surface area contributed by atoms with Gasteiger partial charge in [-0.15, -0.1) is 0 Å². The molecule has 0 aliphatic carbocycles. The van der Waals surface area contributed by atoms with Gasteiger partial charge in [-0.05, 0) is 55.7 Å². The standard InChI is InChI=1S/C27H26N6O4S2/c1-16-11-22(34)32-26(28-16)38-14-24(36)30-20-7-3-18(4-8-20)13-19-5-9-21(10-6-19)31-25(37)15-39-27-29-17(2)12-23(35)33-27/h3-12H,13-15H2,1-2H3,(H,30,36)(H,31,37)(H,28,32,34)(H,29,33,35). The number of nitrogens with zero attached hydrogens (tertiary/aromatic N) is 2. The van der Waals surface area contributed by atoms with Crippen LogP contribution in [0.5, 0.6) is 0 Å². The second-order valence-electron chi connectivity index (χ2n) is 8.63. The highest BCUT2D eigenvalue weighted by molar-refractivity contribution is 8.00. The van der Waals surface area contributed by atoms with Gasteiger partial charge in [0.05, 0.1) is 11.5 Å². The monoisotopic (exact) mass is 562 g/mol. The summed E-state index contributed by atoms with van der Waals surface area (Å²) in [5.41, 5.74) is 4.20. The number of thioether (sulfide) groups is 2. The van der Waals surface area contributed by atoms with Gasteiger partial charge in [0.1, 0.15) is 0 Å². The minimum atomic E-state index is -0.245. The highest BCUT2D eigenvalue weighted by atomic mass is 32.2. The number of nitrogens with one attached hydrogen (secondary N) is 4. The summed E-state index contributed by atoms with van der Waals surface area (Å²) in [5.74, 6) is -0.149. The molecule has 0 aliphatic rings. The van der Waals surface area contributed by atoms with Gasteiger partial charge >= 0.3 is 0 Å². The highest BCUT2D eigenvalue weighted by Gasteiger charge is 2.08. The van der Waals surface area contributed by atoms with Crippen LogP contribution >= 0.6 is 23.5 Å². The minimum Gasteiger partial charge on any atom is -0.325 e. The number of aromatic amines is 2. The van der Waals surface area contributed by atoms with Crippen molar-refractivity contribution >= 4 is 46.7 Å². The van der Waals surface area contributed by atoms with Gasteiger partial charge in [0.2, 0.25) is 11.8 Å². The van der Waals surface area contributed by atoms with Gasteiger partial charge in [-0.1, -0.05) is 47.8 Å². The Morgan fingerprint density at radius 3 is 1.44 bits per heavy atom. The second-order valence-corrected chi connectivity index (χ2v) is 10.6. The molecule has 0 unspecified atom stereocenters. The molecule has 2 aromatic carbocycles. The third-order valence-corrected chi connectivity index (χ3v) is 7.01. The van der Waals surface area contributed by atoms with E-state index in [0.29, 0.717) is 39.5 Å². The van der Waals surface area contributed by atoms with Crippen molar-refractivity contribution in [2.45, 2.75) is 30.6 Å². The summed E-state index contributed by atoms with van der Waals surface area (Å²) in [6.07, 6.45) is 0.687. The molecule has 0 atom stereocenters. The molecule has 0 aliphatic heterocycles. The quantitative estimate of drug-likeness (QED) is 0.169. The Morgan fingerprint density at radius 2 is 1.08 bits per heavy atom. The summed E-state index contributed by atoms with van der Waals surface area (Å²) in [4.78, 5) is 61.2. The zero-order valence-corrected chi connectivity index (χ0v) is 22.9. The number of amides is 2. The fourth-order valence-electron chi connectivity index (χ4n) is 3.55. The Labute approximate surface area is 232 Å². The van der Waals surface area contributed by atoms with E-state index in [9.17, 15) is 19.2 Å². The summed E-state index contributed by atoms with van der Waals surface area (Å²) < 4.78 is 0. The zero-order valence-electron chi connectivity index (χ0n) is 21.2. The third-order valence-electron chi connectivity index (χ3n) is 5.26. The summed E-state index contributed by atoms with van der Waals surface area (Å²) in [6, 6.07) is 17.9. The molecule has 2 aromatic heterocycles. The predicted octanol–water partition coefficient (Wildman–Crippen LogP) is 3.52. The van der Waals surface area contributed by atoms with Crippen molar-refractivity contribution in [1.82, 2.24) is 19.9 Å². The van der Waals surface area contributed by atoms with Gasteiger partial charge in [0, 0.05) is 34.9 Å². The van der Waals surface area contributed by atoms with Crippen molar-refractivity contribution in [2.24, 2.45) is 0 Å². The van der Waals surface area contributed by atoms with Crippen LogP contribution in [0.15, 0.2) is 80.6 Å². The summed E-state index contributed by atoms with van der Waals surface area (Å²) in [7, 11) is 0. The maximum atomic E-state index is 12.3.